The molecule has 0 aliphatic carbocycles. The van der Waals surface area contributed by atoms with Crippen molar-refractivity contribution in [1.82, 2.24) is 5.32 Å². The number of nitrogens with two attached hydrogens (primary N) is 1. The number of anilines is 1. The van der Waals surface area contributed by atoms with Crippen LogP contribution in [0, 0.1) is 11.7 Å². The SMILES string of the molecule is CC(C)C(C)NC(=O)CS(=O)c1ccc(N)c(F)c1. The Kier molecular flexibility index (Phi) is 5.47. The van der Waals surface area contributed by atoms with Gasteiger partial charge in [0.1, 0.15) is 11.6 Å². The normalized spacial score (nSPS) is 14.2. The maximum atomic E-state index is 13.2. The molecule has 106 valence electrons. The molecule has 0 aromatic heterocycles. The number of amides is 1. The van der Waals surface area contributed by atoms with Gasteiger partial charge in [0.25, 0.3) is 0 Å². The molecule has 2 unspecified atom stereocenters. The minimum atomic E-state index is -1.57. The summed E-state index contributed by atoms with van der Waals surface area (Å²) in [4.78, 5) is 11.9. The van der Waals surface area contributed by atoms with Gasteiger partial charge in [0.05, 0.1) is 16.5 Å². The molecule has 4 nitrogen and oxygen atoms in total. The lowest BCUT2D eigenvalue weighted by atomic mass is 10.1. The molecular formula is C13H19FN2O2S. The predicted molar refractivity (Wildman–Crippen MR) is 74.5 cm³/mol. The van der Waals surface area contributed by atoms with Gasteiger partial charge in [0.15, 0.2) is 0 Å². The van der Waals surface area contributed by atoms with Crippen LogP contribution in [0.1, 0.15) is 20.8 Å². The summed E-state index contributed by atoms with van der Waals surface area (Å²) >= 11 is 0. The van der Waals surface area contributed by atoms with E-state index in [9.17, 15) is 13.4 Å². The molecule has 0 radical (unpaired) electrons. The van der Waals surface area contributed by atoms with Gasteiger partial charge in [-0.05, 0) is 31.0 Å². The molecule has 1 aromatic rings. The molecule has 0 aliphatic heterocycles. The Morgan fingerprint density at radius 2 is 2.05 bits per heavy atom. The zero-order valence-electron chi connectivity index (χ0n) is 11.3. The molecule has 0 spiro atoms. The highest BCUT2D eigenvalue weighted by Gasteiger charge is 2.15. The maximum absolute atomic E-state index is 13.2. The monoisotopic (exact) mass is 286 g/mol. The van der Waals surface area contributed by atoms with E-state index in [1.807, 2.05) is 20.8 Å². The van der Waals surface area contributed by atoms with E-state index in [2.05, 4.69) is 5.32 Å². The van der Waals surface area contributed by atoms with Crippen molar-refractivity contribution < 1.29 is 13.4 Å². The number of hydrogen-bond donors (Lipinski definition) is 2. The van der Waals surface area contributed by atoms with Crippen LogP contribution in [0.15, 0.2) is 23.1 Å². The summed E-state index contributed by atoms with van der Waals surface area (Å²) in [7, 11) is -1.57. The molecule has 0 saturated carbocycles. The largest absolute Gasteiger partial charge is 0.396 e. The Morgan fingerprint density at radius 3 is 2.58 bits per heavy atom. The van der Waals surface area contributed by atoms with E-state index in [0.717, 1.165) is 6.07 Å². The number of hydrogen-bond acceptors (Lipinski definition) is 3. The van der Waals surface area contributed by atoms with Crippen molar-refractivity contribution >= 4 is 22.4 Å². The van der Waals surface area contributed by atoms with Crippen molar-refractivity contribution in [3.63, 3.8) is 0 Å². The van der Waals surface area contributed by atoms with E-state index in [4.69, 9.17) is 5.73 Å². The lowest BCUT2D eigenvalue weighted by Crippen LogP contribution is -2.38. The van der Waals surface area contributed by atoms with Crippen LogP contribution in [0.3, 0.4) is 0 Å². The van der Waals surface area contributed by atoms with E-state index < -0.39 is 16.6 Å². The molecule has 1 rings (SSSR count). The third-order valence-corrected chi connectivity index (χ3v) is 4.19. The van der Waals surface area contributed by atoms with Crippen molar-refractivity contribution in [2.45, 2.75) is 31.7 Å². The van der Waals surface area contributed by atoms with E-state index in [1.54, 1.807) is 0 Å². The number of halogens is 1. The van der Waals surface area contributed by atoms with E-state index in [0.29, 0.717) is 5.92 Å². The minimum absolute atomic E-state index is 0.00127. The van der Waals surface area contributed by atoms with Crippen LogP contribution in [0.2, 0.25) is 0 Å². The maximum Gasteiger partial charge on any atom is 0.233 e. The number of carbonyl (C=O) groups excluding carboxylic acids is 1. The summed E-state index contributed by atoms with van der Waals surface area (Å²) in [5.74, 6) is -0.814. The molecule has 1 aromatic carbocycles. The first kappa shape index (κ1) is 15.6. The molecule has 0 bridgehead atoms. The fourth-order valence-electron chi connectivity index (χ4n) is 1.31. The Labute approximate surface area is 115 Å². The first-order chi connectivity index (χ1) is 8.81. The molecular weight excluding hydrogens is 267 g/mol. The average molecular weight is 286 g/mol. The topological polar surface area (TPSA) is 72.2 Å². The molecule has 1 amide bonds. The van der Waals surface area contributed by atoms with Gasteiger partial charge in [-0.15, -0.1) is 0 Å². The Hall–Kier alpha value is -1.43. The van der Waals surface area contributed by atoms with Gasteiger partial charge < -0.3 is 11.1 Å². The van der Waals surface area contributed by atoms with Crippen LogP contribution in [0.5, 0.6) is 0 Å². The lowest BCUT2D eigenvalue weighted by Gasteiger charge is -2.17. The first-order valence-electron chi connectivity index (χ1n) is 6.04. The van der Waals surface area contributed by atoms with E-state index in [-0.39, 0.29) is 28.3 Å². The number of carbonyl (C=O) groups is 1. The lowest BCUT2D eigenvalue weighted by molar-refractivity contribution is -0.119. The highest BCUT2D eigenvalue weighted by Crippen LogP contribution is 2.15. The molecule has 19 heavy (non-hydrogen) atoms. The van der Waals surface area contributed by atoms with Gasteiger partial charge in [-0.1, -0.05) is 13.8 Å². The number of nitrogens with one attached hydrogen (secondary N) is 1. The second-order valence-corrected chi connectivity index (χ2v) is 6.22. The number of rotatable bonds is 5. The molecule has 0 heterocycles. The Bertz CT molecular complexity index is 492. The zero-order chi connectivity index (χ0) is 14.6. The number of nitrogen functional groups attached to an aromatic ring is 1. The van der Waals surface area contributed by atoms with Crippen LogP contribution in [-0.4, -0.2) is 21.9 Å². The van der Waals surface area contributed by atoms with Crippen molar-refractivity contribution in [3.8, 4) is 0 Å². The van der Waals surface area contributed by atoms with Gasteiger partial charge in [-0.3, -0.25) is 9.00 Å². The molecule has 0 aliphatic rings. The molecule has 6 heteroatoms. The van der Waals surface area contributed by atoms with Crippen LogP contribution in [0.4, 0.5) is 10.1 Å². The van der Waals surface area contributed by atoms with Gasteiger partial charge in [-0.25, -0.2) is 4.39 Å². The fraction of sp³-hybridized carbons (Fsp3) is 0.462. The highest BCUT2D eigenvalue weighted by atomic mass is 32.2. The van der Waals surface area contributed by atoms with Crippen LogP contribution >= 0.6 is 0 Å². The van der Waals surface area contributed by atoms with Crippen molar-refractivity contribution in [2.75, 3.05) is 11.5 Å². The quantitative estimate of drug-likeness (QED) is 0.809. The van der Waals surface area contributed by atoms with Crippen molar-refractivity contribution in [1.29, 1.82) is 0 Å². The first-order valence-corrected chi connectivity index (χ1v) is 7.36. The van der Waals surface area contributed by atoms with Gasteiger partial charge >= 0.3 is 0 Å². The summed E-state index contributed by atoms with van der Waals surface area (Å²) in [5.41, 5.74) is 5.33. The summed E-state index contributed by atoms with van der Waals surface area (Å²) in [6.45, 7) is 5.85. The Balaban J connectivity index is 2.64. The highest BCUT2D eigenvalue weighted by molar-refractivity contribution is 7.85. The fourth-order valence-corrected chi connectivity index (χ4v) is 2.26. The molecule has 2 atom stereocenters. The van der Waals surface area contributed by atoms with E-state index >= 15 is 0 Å². The minimum Gasteiger partial charge on any atom is -0.396 e. The summed E-state index contributed by atoms with van der Waals surface area (Å²) in [6.07, 6.45) is 0. The van der Waals surface area contributed by atoms with Crippen molar-refractivity contribution in [3.05, 3.63) is 24.0 Å². The van der Waals surface area contributed by atoms with Crippen molar-refractivity contribution in [2.24, 2.45) is 5.92 Å². The second kappa shape index (κ2) is 6.65. The van der Waals surface area contributed by atoms with Gasteiger partial charge in [0.2, 0.25) is 5.91 Å². The smallest absolute Gasteiger partial charge is 0.233 e. The van der Waals surface area contributed by atoms with Gasteiger partial charge in [0, 0.05) is 10.9 Å². The summed E-state index contributed by atoms with van der Waals surface area (Å²) < 4.78 is 25.1. The average Bonchev–Trinajstić information content (AvgIpc) is 2.32. The van der Waals surface area contributed by atoms with Gasteiger partial charge in [-0.2, -0.15) is 0 Å². The molecule has 3 N–H and O–H groups in total. The Morgan fingerprint density at radius 1 is 1.42 bits per heavy atom. The van der Waals surface area contributed by atoms with E-state index in [1.165, 1.54) is 12.1 Å². The zero-order valence-corrected chi connectivity index (χ0v) is 12.1. The molecule has 0 fully saturated rings. The number of benzene rings is 1. The molecule has 0 saturated heterocycles. The van der Waals surface area contributed by atoms with Crippen LogP contribution in [-0.2, 0) is 15.6 Å². The second-order valence-electron chi connectivity index (χ2n) is 4.77. The third kappa shape index (κ3) is 4.63. The van der Waals surface area contributed by atoms with Crippen LogP contribution < -0.4 is 11.1 Å². The third-order valence-electron chi connectivity index (χ3n) is 2.89. The van der Waals surface area contributed by atoms with Crippen LogP contribution in [0.25, 0.3) is 0 Å². The predicted octanol–water partition coefficient (Wildman–Crippen LogP) is 1.68. The summed E-state index contributed by atoms with van der Waals surface area (Å²) in [5, 5.41) is 2.76. The standard InChI is InChI=1S/C13H19FN2O2S/c1-8(2)9(3)16-13(17)7-19(18)10-4-5-12(15)11(14)6-10/h4-6,8-9H,7,15H2,1-3H3,(H,16,17). The summed E-state index contributed by atoms with van der Waals surface area (Å²) in [6, 6.07) is 3.92.